The van der Waals surface area contributed by atoms with Crippen LogP contribution in [-0.2, 0) is 9.59 Å². The number of nitrogens with zero attached hydrogens (tertiary/aromatic N) is 2. The fourth-order valence-corrected chi connectivity index (χ4v) is 5.17. The van der Waals surface area contributed by atoms with Crippen LogP contribution in [0, 0.1) is 6.92 Å². The van der Waals surface area contributed by atoms with Crippen LogP contribution in [0.2, 0.25) is 0 Å². The van der Waals surface area contributed by atoms with Crippen LogP contribution in [-0.4, -0.2) is 53.0 Å². The van der Waals surface area contributed by atoms with E-state index in [2.05, 4.69) is 55.3 Å². The molecule has 0 bridgehead atoms. The van der Waals surface area contributed by atoms with Gasteiger partial charge in [0, 0.05) is 37.5 Å². The van der Waals surface area contributed by atoms with Crippen molar-refractivity contribution in [2.75, 3.05) is 30.3 Å². The van der Waals surface area contributed by atoms with Gasteiger partial charge >= 0.3 is 0 Å². The molecular formula is C19H27N3O2S. The lowest BCUT2D eigenvalue weighted by atomic mass is 10.2. The summed E-state index contributed by atoms with van der Waals surface area (Å²) in [7, 11) is 0. The lowest BCUT2D eigenvalue weighted by Crippen LogP contribution is -2.51. The van der Waals surface area contributed by atoms with Gasteiger partial charge in [0.1, 0.15) is 6.04 Å². The Hall–Kier alpha value is -1.69. The zero-order valence-corrected chi connectivity index (χ0v) is 16.1. The van der Waals surface area contributed by atoms with E-state index in [9.17, 15) is 9.59 Å². The lowest BCUT2D eigenvalue weighted by Gasteiger charge is -2.30. The molecule has 0 radical (unpaired) electrons. The molecule has 2 fully saturated rings. The minimum atomic E-state index is -0.320. The molecule has 5 nitrogen and oxygen atoms in total. The summed E-state index contributed by atoms with van der Waals surface area (Å²) in [6.07, 6.45) is 1.40. The van der Waals surface area contributed by atoms with Gasteiger partial charge in [0.25, 0.3) is 0 Å². The van der Waals surface area contributed by atoms with Crippen molar-refractivity contribution in [1.29, 1.82) is 0 Å². The molecule has 136 valence electrons. The first-order valence-electron chi connectivity index (χ1n) is 9.00. The summed E-state index contributed by atoms with van der Waals surface area (Å²) in [6.45, 7) is 8.51. The largest absolute Gasteiger partial charge is 0.370 e. The number of anilines is 1. The number of amides is 2. The highest BCUT2D eigenvalue weighted by atomic mass is 32.2. The number of benzene rings is 1. The van der Waals surface area contributed by atoms with Gasteiger partial charge in [0.15, 0.2) is 0 Å². The fraction of sp³-hybridized carbons (Fsp3) is 0.579. The average molecular weight is 362 g/mol. The Kier molecular flexibility index (Phi) is 5.27. The topological polar surface area (TPSA) is 52.7 Å². The van der Waals surface area contributed by atoms with Crippen molar-refractivity contribution < 1.29 is 9.59 Å². The lowest BCUT2D eigenvalue weighted by molar-refractivity contribution is -0.137. The molecule has 2 unspecified atom stereocenters. The van der Waals surface area contributed by atoms with E-state index in [1.807, 2.05) is 4.90 Å². The van der Waals surface area contributed by atoms with Crippen LogP contribution >= 0.6 is 11.8 Å². The van der Waals surface area contributed by atoms with Crippen molar-refractivity contribution in [1.82, 2.24) is 10.2 Å². The summed E-state index contributed by atoms with van der Waals surface area (Å²) in [5.74, 6) is 0.790. The number of carbonyl (C=O) groups excluding carboxylic acids is 2. The summed E-state index contributed by atoms with van der Waals surface area (Å²) in [5.41, 5.74) is 2.41. The number of aryl methyl sites for hydroxylation is 1. The normalized spacial score (nSPS) is 25.2. The van der Waals surface area contributed by atoms with Crippen molar-refractivity contribution in [2.45, 2.75) is 44.5 Å². The maximum Gasteiger partial charge on any atom is 0.243 e. The molecule has 2 amide bonds. The number of carbonyl (C=O) groups is 2. The minimum absolute atomic E-state index is 0.0215. The van der Waals surface area contributed by atoms with Gasteiger partial charge in [-0.05, 0) is 44.9 Å². The number of hydrogen-bond acceptors (Lipinski definition) is 4. The van der Waals surface area contributed by atoms with Gasteiger partial charge in [-0.1, -0.05) is 12.1 Å². The van der Waals surface area contributed by atoms with Gasteiger partial charge < -0.3 is 15.1 Å². The van der Waals surface area contributed by atoms with Gasteiger partial charge in [0.2, 0.25) is 11.8 Å². The van der Waals surface area contributed by atoms with E-state index in [1.54, 1.807) is 11.8 Å². The van der Waals surface area contributed by atoms with Crippen LogP contribution < -0.4 is 10.2 Å². The first kappa shape index (κ1) is 18.1. The number of hydrogen-bond donors (Lipinski definition) is 1. The summed E-state index contributed by atoms with van der Waals surface area (Å²) in [5, 5.41) is 3.04. The maximum absolute atomic E-state index is 12.6. The van der Waals surface area contributed by atoms with Crippen LogP contribution in [0.25, 0.3) is 0 Å². The predicted octanol–water partition coefficient (Wildman–Crippen LogP) is 2.39. The van der Waals surface area contributed by atoms with Crippen LogP contribution in [0.15, 0.2) is 24.3 Å². The van der Waals surface area contributed by atoms with E-state index < -0.39 is 0 Å². The highest BCUT2D eigenvalue weighted by Gasteiger charge is 2.52. The first-order valence-corrected chi connectivity index (χ1v) is 9.98. The summed E-state index contributed by atoms with van der Waals surface area (Å²) < 4.78 is 0. The van der Waals surface area contributed by atoms with E-state index in [-0.39, 0.29) is 22.7 Å². The Balaban J connectivity index is 1.55. The Morgan fingerprint density at radius 1 is 1.48 bits per heavy atom. The molecule has 2 aliphatic rings. The second kappa shape index (κ2) is 7.28. The Bertz CT molecular complexity index is 666. The van der Waals surface area contributed by atoms with Crippen molar-refractivity contribution in [3.63, 3.8) is 0 Å². The monoisotopic (exact) mass is 361 g/mol. The second-order valence-corrected chi connectivity index (χ2v) is 8.48. The number of rotatable bonds is 6. The SMILES string of the molecule is CCN(CCNC(=O)C1CSC2(C)CCC(=O)N12)c1cccc(C)c1. The molecule has 3 rings (SSSR count). The van der Waals surface area contributed by atoms with E-state index in [4.69, 9.17) is 0 Å². The van der Waals surface area contributed by atoms with Crippen molar-refractivity contribution in [3.05, 3.63) is 29.8 Å². The van der Waals surface area contributed by atoms with Gasteiger partial charge in [-0.3, -0.25) is 9.59 Å². The second-order valence-electron chi connectivity index (χ2n) is 6.98. The fourth-order valence-electron chi connectivity index (χ4n) is 3.74. The van der Waals surface area contributed by atoms with Crippen LogP contribution in [0.3, 0.4) is 0 Å². The van der Waals surface area contributed by atoms with Crippen LogP contribution in [0.5, 0.6) is 0 Å². The number of fused-ring (bicyclic) bond motifs is 1. The molecule has 0 saturated carbocycles. The molecule has 25 heavy (non-hydrogen) atoms. The minimum Gasteiger partial charge on any atom is -0.370 e. The Morgan fingerprint density at radius 2 is 2.28 bits per heavy atom. The van der Waals surface area contributed by atoms with Crippen LogP contribution in [0.4, 0.5) is 5.69 Å². The number of nitrogens with one attached hydrogen (secondary N) is 1. The average Bonchev–Trinajstić information content (AvgIpc) is 3.08. The summed E-state index contributed by atoms with van der Waals surface area (Å²) in [6, 6.07) is 8.08. The Labute approximate surface area is 154 Å². The summed E-state index contributed by atoms with van der Waals surface area (Å²) in [4.78, 5) is 28.6. The molecule has 2 aliphatic heterocycles. The molecule has 2 saturated heterocycles. The highest BCUT2D eigenvalue weighted by Crippen LogP contribution is 2.47. The molecule has 2 atom stereocenters. The van der Waals surface area contributed by atoms with Gasteiger partial charge in [-0.25, -0.2) is 0 Å². The van der Waals surface area contributed by atoms with Gasteiger partial charge in [0.05, 0.1) is 4.87 Å². The zero-order valence-electron chi connectivity index (χ0n) is 15.2. The first-order chi connectivity index (χ1) is 11.9. The van der Waals surface area contributed by atoms with Crippen molar-refractivity contribution in [2.24, 2.45) is 0 Å². The van der Waals surface area contributed by atoms with E-state index in [0.717, 1.165) is 19.5 Å². The molecule has 2 heterocycles. The number of thioether (sulfide) groups is 1. The third-order valence-corrected chi connectivity index (χ3v) is 6.68. The molecular weight excluding hydrogens is 334 g/mol. The molecule has 0 aromatic heterocycles. The molecule has 6 heteroatoms. The van der Waals surface area contributed by atoms with Gasteiger partial charge in [-0.15, -0.1) is 11.8 Å². The molecule has 1 aromatic carbocycles. The van der Waals surface area contributed by atoms with Gasteiger partial charge in [-0.2, -0.15) is 0 Å². The zero-order chi connectivity index (χ0) is 18.0. The molecule has 1 aromatic rings. The smallest absolute Gasteiger partial charge is 0.243 e. The quantitative estimate of drug-likeness (QED) is 0.845. The maximum atomic E-state index is 12.6. The standard InChI is InChI=1S/C19H27N3O2S/c1-4-21(15-7-5-6-14(2)12-15)11-10-20-18(24)16-13-25-19(3)9-8-17(23)22(16)19/h5-7,12,16H,4,8-11,13H2,1-3H3,(H,20,24). The van der Waals surface area contributed by atoms with E-state index in [1.165, 1.54) is 11.3 Å². The third kappa shape index (κ3) is 3.64. The van der Waals surface area contributed by atoms with E-state index >= 15 is 0 Å². The molecule has 0 aliphatic carbocycles. The predicted molar refractivity (Wildman–Crippen MR) is 103 cm³/mol. The molecule has 1 N–H and O–H groups in total. The molecule has 0 spiro atoms. The van der Waals surface area contributed by atoms with Crippen LogP contribution in [0.1, 0.15) is 32.3 Å². The van der Waals surface area contributed by atoms with E-state index in [0.29, 0.717) is 18.7 Å². The van der Waals surface area contributed by atoms with Crippen molar-refractivity contribution in [3.8, 4) is 0 Å². The Morgan fingerprint density at radius 3 is 3.00 bits per heavy atom. The number of likely N-dealkylation sites (N-methyl/N-ethyl adjacent to an activating group) is 1. The summed E-state index contributed by atoms with van der Waals surface area (Å²) >= 11 is 1.73. The third-order valence-electron chi connectivity index (χ3n) is 5.18. The van der Waals surface area contributed by atoms with Crippen molar-refractivity contribution >= 4 is 29.3 Å². The highest BCUT2D eigenvalue weighted by molar-refractivity contribution is 8.01.